The smallest absolute Gasteiger partial charge is 0.336 e. The summed E-state index contributed by atoms with van der Waals surface area (Å²) >= 11 is 0. The monoisotopic (exact) mass is 245 g/mol. The van der Waals surface area contributed by atoms with Gasteiger partial charge in [-0.15, -0.1) is 0 Å². The number of hydrogen-bond donors (Lipinski definition) is 1. The molecular formula is C12H11N3O3. The second-order valence-electron chi connectivity index (χ2n) is 3.61. The van der Waals surface area contributed by atoms with Gasteiger partial charge in [-0.3, -0.25) is 15.1 Å². The molecule has 6 heteroatoms. The first kappa shape index (κ1) is 11.8. The van der Waals surface area contributed by atoms with E-state index in [0.717, 1.165) is 5.56 Å². The summed E-state index contributed by atoms with van der Waals surface area (Å²) in [5.74, 6) is 0.0730. The van der Waals surface area contributed by atoms with Crippen LogP contribution in [-0.4, -0.2) is 9.91 Å². The number of aromatic nitrogens is 1. The maximum atomic E-state index is 10.9. The molecule has 2 N–H and O–H groups in total. The van der Waals surface area contributed by atoms with Crippen molar-refractivity contribution in [3.8, 4) is 5.75 Å². The highest BCUT2D eigenvalue weighted by Gasteiger charge is 2.19. The number of nitro groups is 1. The van der Waals surface area contributed by atoms with Crippen molar-refractivity contribution in [3.05, 3.63) is 58.4 Å². The van der Waals surface area contributed by atoms with Gasteiger partial charge in [0.1, 0.15) is 12.3 Å². The molecule has 0 spiro atoms. The average Bonchev–Trinajstić information content (AvgIpc) is 2.37. The molecule has 2 aromatic rings. The minimum atomic E-state index is -0.572. The Morgan fingerprint density at radius 2 is 2.00 bits per heavy atom. The lowest BCUT2D eigenvalue weighted by Gasteiger charge is -2.07. The first-order valence-corrected chi connectivity index (χ1v) is 5.23. The highest BCUT2D eigenvalue weighted by molar-refractivity contribution is 5.63. The van der Waals surface area contributed by atoms with Crippen LogP contribution in [0.1, 0.15) is 5.56 Å². The minimum Gasteiger partial charge on any atom is -0.481 e. The van der Waals surface area contributed by atoms with Crippen molar-refractivity contribution in [1.82, 2.24) is 4.98 Å². The van der Waals surface area contributed by atoms with E-state index in [1.165, 1.54) is 12.4 Å². The van der Waals surface area contributed by atoms with Gasteiger partial charge >= 0.3 is 5.69 Å². The topological polar surface area (TPSA) is 91.3 Å². The van der Waals surface area contributed by atoms with Crippen LogP contribution in [0.15, 0.2) is 42.7 Å². The van der Waals surface area contributed by atoms with Crippen LogP contribution >= 0.6 is 0 Å². The third-order valence-electron chi connectivity index (χ3n) is 2.33. The van der Waals surface area contributed by atoms with Gasteiger partial charge in [-0.05, 0) is 5.56 Å². The van der Waals surface area contributed by atoms with Gasteiger partial charge in [-0.25, -0.2) is 0 Å². The molecule has 0 saturated carbocycles. The van der Waals surface area contributed by atoms with E-state index in [2.05, 4.69) is 4.98 Å². The SMILES string of the molecule is Nc1cncc(OCc2ccccc2)c1[N+](=O)[O-]. The van der Waals surface area contributed by atoms with E-state index in [1.807, 2.05) is 30.3 Å². The Balaban J connectivity index is 2.20. The van der Waals surface area contributed by atoms with Crippen LogP contribution in [-0.2, 0) is 6.61 Å². The van der Waals surface area contributed by atoms with Crippen molar-refractivity contribution in [2.45, 2.75) is 6.61 Å². The van der Waals surface area contributed by atoms with E-state index in [1.54, 1.807) is 0 Å². The Kier molecular flexibility index (Phi) is 3.38. The molecule has 0 radical (unpaired) electrons. The fourth-order valence-electron chi connectivity index (χ4n) is 1.49. The quantitative estimate of drug-likeness (QED) is 0.658. The summed E-state index contributed by atoms with van der Waals surface area (Å²) in [6.45, 7) is 0.229. The molecule has 2 rings (SSSR count). The van der Waals surface area contributed by atoms with Crippen molar-refractivity contribution < 1.29 is 9.66 Å². The van der Waals surface area contributed by atoms with Crippen molar-refractivity contribution in [2.24, 2.45) is 0 Å². The molecule has 0 fully saturated rings. The number of hydrogen-bond acceptors (Lipinski definition) is 5. The molecule has 0 aliphatic heterocycles. The summed E-state index contributed by atoms with van der Waals surface area (Å²) in [4.78, 5) is 14.1. The summed E-state index contributed by atoms with van der Waals surface area (Å²) in [6, 6.07) is 9.35. The summed E-state index contributed by atoms with van der Waals surface area (Å²) in [6.07, 6.45) is 2.52. The van der Waals surface area contributed by atoms with E-state index in [0.29, 0.717) is 0 Å². The molecule has 18 heavy (non-hydrogen) atoms. The lowest BCUT2D eigenvalue weighted by molar-refractivity contribution is -0.385. The van der Waals surface area contributed by atoms with Gasteiger partial charge in [0.15, 0.2) is 0 Å². The normalized spacial score (nSPS) is 10.0. The molecule has 1 heterocycles. The molecule has 1 aromatic carbocycles. The van der Waals surface area contributed by atoms with E-state index in [-0.39, 0.29) is 23.7 Å². The Bertz CT molecular complexity index is 558. The van der Waals surface area contributed by atoms with Crippen LogP contribution in [0, 0.1) is 10.1 Å². The summed E-state index contributed by atoms with van der Waals surface area (Å²) < 4.78 is 5.38. The van der Waals surface area contributed by atoms with Crippen LogP contribution in [0.25, 0.3) is 0 Å². The second-order valence-corrected chi connectivity index (χ2v) is 3.61. The fraction of sp³-hybridized carbons (Fsp3) is 0.0833. The van der Waals surface area contributed by atoms with E-state index < -0.39 is 4.92 Å². The number of rotatable bonds is 4. The Morgan fingerprint density at radius 1 is 1.28 bits per heavy atom. The number of benzene rings is 1. The van der Waals surface area contributed by atoms with Crippen molar-refractivity contribution in [1.29, 1.82) is 0 Å². The molecule has 0 aliphatic rings. The Hall–Kier alpha value is -2.63. The summed E-state index contributed by atoms with van der Waals surface area (Å²) in [5.41, 5.74) is 6.16. The first-order valence-electron chi connectivity index (χ1n) is 5.23. The van der Waals surface area contributed by atoms with E-state index >= 15 is 0 Å². The lowest BCUT2D eigenvalue weighted by Crippen LogP contribution is -2.02. The number of pyridine rings is 1. The third kappa shape index (κ3) is 2.54. The van der Waals surface area contributed by atoms with Gasteiger partial charge in [0.05, 0.1) is 17.3 Å². The summed E-state index contributed by atoms with van der Waals surface area (Å²) in [5, 5.41) is 10.9. The van der Waals surface area contributed by atoms with E-state index in [9.17, 15) is 10.1 Å². The second kappa shape index (κ2) is 5.13. The van der Waals surface area contributed by atoms with Crippen molar-refractivity contribution in [3.63, 3.8) is 0 Å². The zero-order valence-corrected chi connectivity index (χ0v) is 9.45. The standard InChI is InChI=1S/C12H11N3O3/c13-10-6-14-7-11(12(10)15(16)17)18-8-9-4-2-1-3-5-9/h1-7H,8,13H2. The molecule has 0 aliphatic carbocycles. The summed E-state index contributed by atoms with van der Waals surface area (Å²) in [7, 11) is 0. The minimum absolute atomic E-state index is 0.00874. The largest absolute Gasteiger partial charge is 0.481 e. The van der Waals surface area contributed by atoms with E-state index in [4.69, 9.17) is 10.5 Å². The molecule has 0 saturated heterocycles. The molecule has 6 nitrogen and oxygen atoms in total. The van der Waals surface area contributed by atoms with Gasteiger partial charge in [-0.2, -0.15) is 0 Å². The van der Waals surface area contributed by atoms with Gasteiger partial charge in [0, 0.05) is 0 Å². The van der Waals surface area contributed by atoms with Crippen LogP contribution in [0.5, 0.6) is 5.75 Å². The first-order chi connectivity index (χ1) is 8.68. The Labute approximate surface area is 103 Å². The maximum absolute atomic E-state index is 10.9. The number of nitrogen functional groups attached to an aromatic ring is 1. The molecular weight excluding hydrogens is 234 g/mol. The van der Waals surface area contributed by atoms with Crippen LogP contribution < -0.4 is 10.5 Å². The zero-order chi connectivity index (χ0) is 13.0. The van der Waals surface area contributed by atoms with Gasteiger partial charge < -0.3 is 10.5 Å². The van der Waals surface area contributed by atoms with Crippen molar-refractivity contribution >= 4 is 11.4 Å². The maximum Gasteiger partial charge on any atom is 0.336 e. The van der Waals surface area contributed by atoms with Gasteiger partial charge in [0.2, 0.25) is 5.75 Å². The number of nitrogens with zero attached hydrogens (tertiary/aromatic N) is 2. The predicted molar refractivity (Wildman–Crippen MR) is 66.1 cm³/mol. The Morgan fingerprint density at radius 3 is 2.67 bits per heavy atom. The third-order valence-corrected chi connectivity index (χ3v) is 2.33. The molecule has 1 aromatic heterocycles. The average molecular weight is 245 g/mol. The predicted octanol–water partition coefficient (Wildman–Crippen LogP) is 2.15. The van der Waals surface area contributed by atoms with Crippen LogP contribution in [0.4, 0.5) is 11.4 Å². The van der Waals surface area contributed by atoms with Crippen LogP contribution in [0.3, 0.4) is 0 Å². The lowest BCUT2D eigenvalue weighted by atomic mass is 10.2. The molecule has 92 valence electrons. The number of ether oxygens (including phenoxy) is 1. The highest BCUT2D eigenvalue weighted by atomic mass is 16.6. The zero-order valence-electron chi connectivity index (χ0n) is 9.45. The number of nitrogens with two attached hydrogens (primary N) is 1. The fourth-order valence-corrected chi connectivity index (χ4v) is 1.49. The van der Waals surface area contributed by atoms with Gasteiger partial charge in [0.25, 0.3) is 0 Å². The molecule has 0 amide bonds. The molecule has 0 unspecified atom stereocenters. The molecule has 0 atom stereocenters. The molecule has 0 bridgehead atoms. The highest BCUT2D eigenvalue weighted by Crippen LogP contribution is 2.31. The van der Waals surface area contributed by atoms with Crippen molar-refractivity contribution in [2.75, 3.05) is 5.73 Å². The van der Waals surface area contributed by atoms with Crippen LogP contribution in [0.2, 0.25) is 0 Å². The number of anilines is 1. The van der Waals surface area contributed by atoms with Gasteiger partial charge in [-0.1, -0.05) is 30.3 Å².